The number of alkyl halides is 3. The number of fused-ring (bicyclic) bond motifs is 1. The van der Waals surface area contributed by atoms with Crippen LogP contribution in [0.3, 0.4) is 0 Å². The zero-order valence-electron chi connectivity index (χ0n) is 16.0. The number of aryl methyl sites for hydroxylation is 1. The van der Waals surface area contributed by atoms with Gasteiger partial charge in [0.05, 0.1) is 16.2 Å². The average Bonchev–Trinajstić information content (AvgIpc) is 2.91. The number of hydrogen-bond donors (Lipinski definition) is 1. The number of nitriles is 1. The number of amides is 1. The lowest BCUT2D eigenvalue weighted by Crippen LogP contribution is -2.61. The second-order valence-corrected chi connectivity index (χ2v) is 8.32. The van der Waals surface area contributed by atoms with Gasteiger partial charge in [-0.2, -0.15) is 18.4 Å². The molecule has 0 atom stereocenters. The Balaban J connectivity index is 1.75. The molecule has 0 saturated carbocycles. The summed E-state index contributed by atoms with van der Waals surface area (Å²) in [6.45, 7) is 5.52. The van der Waals surface area contributed by atoms with E-state index in [0.717, 1.165) is 12.8 Å². The molecule has 29 heavy (non-hydrogen) atoms. The highest BCUT2D eigenvalue weighted by molar-refractivity contribution is 6.36. The maximum absolute atomic E-state index is 13.6. The van der Waals surface area contributed by atoms with E-state index in [0.29, 0.717) is 37.4 Å². The molecule has 0 bridgehead atoms. The highest BCUT2D eigenvalue weighted by Gasteiger charge is 2.47. The SMILES string of the molecule is CC(=O)N1CC2(CCN(c3c(C#N)c(C(F)(F)F)nc4c(Cl)c(C)[nH]c34)CC2)C1. The third-order valence-electron chi connectivity index (χ3n) is 6.04. The van der Waals surface area contributed by atoms with Crippen molar-refractivity contribution in [3.05, 3.63) is 22.0 Å². The summed E-state index contributed by atoms with van der Waals surface area (Å²) in [6.07, 6.45) is -3.30. The first-order chi connectivity index (χ1) is 13.6. The van der Waals surface area contributed by atoms with Gasteiger partial charge in [-0.3, -0.25) is 4.79 Å². The summed E-state index contributed by atoms with van der Waals surface area (Å²) in [5.41, 5.74) is -0.602. The Morgan fingerprint density at radius 1 is 1.31 bits per heavy atom. The van der Waals surface area contributed by atoms with Gasteiger partial charge in [0.25, 0.3) is 0 Å². The maximum Gasteiger partial charge on any atom is 0.434 e. The summed E-state index contributed by atoms with van der Waals surface area (Å²) in [4.78, 5) is 21.8. The fourth-order valence-corrected chi connectivity index (χ4v) is 4.59. The number of pyridine rings is 1. The first-order valence-corrected chi connectivity index (χ1v) is 9.64. The monoisotopic (exact) mass is 425 g/mol. The predicted octanol–water partition coefficient (Wildman–Crippen LogP) is 3.86. The number of rotatable bonds is 1. The molecule has 2 saturated heterocycles. The Morgan fingerprint density at radius 3 is 2.45 bits per heavy atom. The van der Waals surface area contributed by atoms with Crippen LogP contribution in [0.2, 0.25) is 5.02 Å². The Hall–Kier alpha value is -2.47. The third kappa shape index (κ3) is 3.10. The largest absolute Gasteiger partial charge is 0.434 e. The molecule has 4 rings (SSSR count). The summed E-state index contributed by atoms with van der Waals surface area (Å²) in [7, 11) is 0. The molecule has 6 nitrogen and oxygen atoms in total. The summed E-state index contributed by atoms with van der Waals surface area (Å²) in [6, 6.07) is 1.72. The van der Waals surface area contributed by atoms with Gasteiger partial charge in [0, 0.05) is 44.2 Å². The van der Waals surface area contributed by atoms with Crippen molar-refractivity contribution >= 4 is 34.2 Å². The van der Waals surface area contributed by atoms with Crippen molar-refractivity contribution in [3.8, 4) is 6.07 Å². The van der Waals surface area contributed by atoms with E-state index < -0.39 is 17.4 Å². The molecule has 154 valence electrons. The first kappa shape index (κ1) is 19.8. The number of carbonyl (C=O) groups is 1. The van der Waals surface area contributed by atoms with Gasteiger partial charge in [0.2, 0.25) is 5.91 Å². The van der Waals surface area contributed by atoms with Crippen molar-refractivity contribution < 1.29 is 18.0 Å². The van der Waals surface area contributed by atoms with Gasteiger partial charge in [0.15, 0.2) is 5.69 Å². The molecule has 2 aliphatic rings. The van der Waals surface area contributed by atoms with Gasteiger partial charge < -0.3 is 14.8 Å². The standard InChI is InChI=1S/C19H19ClF3N5O/c1-10-13(20)14-15(25-10)16(12(7-24)17(26-14)19(21,22)23)27-5-3-18(4-6-27)8-28(9-18)11(2)29/h25H,3-6,8-9H2,1-2H3. The van der Waals surface area contributed by atoms with Crippen molar-refractivity contribution in [2.45, 2.75) is 32.9 Å². The molecule has 10 heteroatoms. The number of aromatic nitrogens is 2. The van der Waals surface area contributed by atoms with Gasteiger partial charge >= 0.3 is 6.18 Å². The van der Waals surface area contributed by atoms with Crippen LogP contribution in [0, 0.1) is 23.7 Å². The number of nitrogens with one attached hydrogen (secondary N) is 1. The molecule has 2 aliphatic heterocycles. The van der Waals surface area contributed by atoms with Crippen molar-refractivity contribution in [1.82, 2.24) is 14.9 Å². The topological polar surface area (TPSA) is 76.0 Å². The molecule has 1 N–H and O–H groups in total. The fraction of sp³-hybridized carbons (Fsp3) is 0.526. The lowest BCUT2D eigenvalue weighted by atomic mass is 9.72. The van der Waals surface area contributed by atoms with Gasteiger partial charge in [-0.25, -0.2) is 4.98 Å². The highest BCUT2D eigenvalue weighted by atomic mass is 35.5. The van der Waals surface area contributed by atoms with Crippen LogP contribution in [0.5, 0.6) is 0 Å². The molecule has 2 aromatic rings. The van der Waals surface area contributed by atoms with Crippen molar-refractivity contribution in [3.63, 3.8) is 0 Å². The number of H-pyrrole nitrogens is 1. The van der Waals surface area contributed by atoms with Crippen molar-refractivity contribution in [2.24, 2.45) is 5.41 Å². The van der Waals surface area contributed by atoms with Crippen LogP contribution in [0.15, 0.2) is 0 Å². The second-order valence-electron chi connectivity index (χ2n) is 7.94. The number of nitrogens with zero attached hydrogens (tertiary/aromatic N) is 4. The quantitative estimate of drug-likeness (QED) is 0.752. The molecule has 4 heterocycles. The molecule has 2 fully saturated rings. The molecule has 1 amide bonds. The molecule has 2 aromatic heterocycles. The van der Waals surface area contributed by atoms with E-state index >= 15 is 0 Å². The predicted molar refractivity (Wildman–Crippen MR) is 102 cm³/mol. The van der Waals surface area contributed by atoms with E-state index in [4.69, 9.17) is 11.6 Å². The number of anilines is 1. The van der Waals surface area contributed by atoms with E-state index in [1.807, 2.05) is 4.90 Å². The van der Waals surface area contributed by atoms with Crippen LogP contribution in [0.25, 0.3) is 11.0 Å². The number of piperidine rings is 1. The van der Waals surface area contributed by atoms with Crippen molar-refractivity contribution in [2.75, 3.05) is 31.1 Å². The van der Waals surface area contributed by atoms with Crippen LogP contribution < -0.4 is 4.90 Å². The Labute approximate surface area is 170 Å². The van der Waals surface area contributed by atoms with E-state index in [1.165, 1.54) is 6.92 Å². The number of halogens is 4. The lowest BCUT2D eigenvalue weighted by molar-refractivity contribution is -0.142. The van der Waals surface area contributed by atoms with E-state index in [1.54, 1.807) is 17.9 Å². The number of likely N-dealkylation sites (tertiary alicyclic amines) is 1. The third-order valence-corrected chi connectivity index (χ3v) is 6.50. The Kier molecular flexibility index (Phi) is 4.46. The average molecular weight is 426 g/mol. The number of carbonyl (C=O) groups excluding carboxylic acids is 1. The molecular formula is C19H19ClF3N5O. The smallest absolute Gasteiger partial charge is 0.369 e. The molecule has 0 radical (unpaired) electrons. The number of aromatic amines is 1. The molecule has 0 unspecified atom stereocenters. The van der Waals surface area contributed by atoms with E-state index in [-0.39, 0.29) is 27.5 Å². The van der Waals surface area contributed by atoms with Gasteiger partial charge in [-0.05, 0) is 19.8 Å². The van der Waals surface area contributed by atoms with Gasteiger partial charge in [-0.15, -0.1) is 0 Å². The van der Waals surface area contributed by atoms with Crippen LogP contribution in [0.4, 0.5) is 18.9 Å². The van der Waals surface area contributed by atoms with Crippen LogP contribution in [-0.4, -0.2) is 47.0 Å². The summed E-state index contributed by atoms with van der Waals surface area (Å²) >= 11 is 6.19. The van der Waals surface area contributed by atoms with E-state index in [2.05, 4.69) is 9.97 Å². The normalized spacial score (nSPS) is 18.8. The Morgan fingerprint density at radius 2 is 1.93 bits per heavy atom. The minimum Gasteiger partial charge on any atom is -0.369 e. The van der Waals surface area contributed by atoms with Gasteiger partial charge in [0.1, 0.15) is 17.1 Å². The van der Waals surface area contributed by atoms with Crippen LogP contribution in [0.1, 0.15) is 36.7 Å². The first-order valence-electron chi connectivity index (χ1n) is 9.26. The summed E-state index contributed by atoms with van der Waals surface area (Å²) < 4.78 is 40.9. The van der Waals surface area contributed by atoms with Crippen molar-refractivity contribution in [1.29, 1.82) is 5.26 Å². The molecular weight excluding hydrogens is 407 g/mol. The second kappa shape index (κ2) is 6.52. The van der Waals surface area contributed by atoms with Gasteiger partial charge in [-0.1, -0.05) is 11.6 Å². The molecule has 1 spiro atoms. The number of hydrogen-bond acceptors (Lipinski definition) is 4. The summed E-state index contributed by atoms with van der Waals surface area (Å²) in [5, 5.41) is 9.70. The van der Waals surface area contributed by atoms with Crippen LogP contribution >= 0.6 is 11.6 Å². The fourth-order valence-electron chi connectivity index (χ4n) is 4.40. The lowest BCUT2D eigenvalue weighted by Gasteiger charge is -2.54. The highest BCUT2D eigenvalue weighted by Crippen LogP contribution is 2.45. The zero-order valence-corrected chi connectivity index (χ0v) is 16.7. The van der Waals surface area contributed by atoms with Crippen LogP contribution in [-0.2, 0) is 11.0 Å². The summed E-state index contributed by atoms with van der Waals surface area (Å²) in [5.74, 6) is 0.0342. The molecule has 0 aromatic carbocycles. The maximum atomic E-state index is 13.6. The zero-order chi connectivity index (χ0) is 21.1. The minimum absolute atomic E-state index is 0.0112. The van der Waals surface area contributed by atoms with E-state index in [9.17, 15) is 23.2 Å². The minimum atomic E-state index is -4.77. The Bertz CT molecular complexity index is 1040. The molecule has 0 aliphatic carbocycles.